The Morgan fingerprint density at radius 1 is 1.23 bits per heavy atom. The first-order valence-corrected chi connectivity index (χ1v) is 9.95. The van der Waals surface area contributed by atoms with Gasteiger partial charge in [-0.15, -0.1) is 0 Å². The number of anilines is 1. The first-order chi connectivity index (χ1) is 14.4. The van der Waals surface area contributed by atoms with Gasteiger partial charge in [-0.1, -0.05) is 37.3 Å². The van der Waals surface area contributed by atoms with Gasteiger partial charge in [0.2, 0.25) is 0 Å². The van der Waals surface area contributed by atoms with Crippen LogP contribution in [0.4, 0.5) is 11.4 Å². The van der Waals surface area contributed by atoms with Gasteiger partial charge < -0.3 is 15.0 Å². The monoisotopic (exact) mass is 411 g/mol. The largest absolute Gasteiger partial charge is 0.452 e. The second-order valence-electron chi connectivity index (χ2n) is 7.49. The summed E-state index contributed by atoms with van der Waals surface area (Å²) >= 11 is 0. The molecule has 3 rings (SSSR count). The molecule has 1 fully saturated rings. The highest BCUT2D eigenvalue weighted by molar-refractivity contribution is 5.93. The third kappa shape index (κ3) is 5.56. The molecule has 0 bridgehead atoms. The number of ether oxygens (including phenoxy) is 1. The highest BCUT2D eigenvalue weighted by atomic mass is 16.6. The molecule has 0 spiro atoms. The number of esters is 1. The summed E-state index contributed by atoms with van der Waals surface area (Å²) in [5.74, 6) is -0.760. The molecule has 158 valence electrons. The van der Waals surface area contributed by atoms with Gasteiger partial charge in [-0.3, -0.25) is 14.9 Å². The Hall–Kier alpha value is -3.42. The lowest BCUT2D eigenvalue weighted by Gasteiger charge is -2.32. The third-order valence-corrected chi connectivity index (χ3v) is 5.07. The molecule has 8 nitrogen and oxygen atoms in total. The maximum Gasteiger partial charge on any atom is 0.338 e. The van der Waals surface area contributed by atoms with E-state index in [9.17, 15) is 19.7 Å². The molecule has 30 heavy (non-hydrogen) atoms. The molecule has 1 N–H and O–H groups in total. The zero-order chi connectivity index (χ0) is 21.5. The van der Waals surface area contributed by atoms with Crippen molar-refractivity contribution in [2.45, 2.75) is 26.3 Å². The number of hydrogen-bond donors (Lipinski definition) is 1. The Morgan fingerprint density at radius 2 is 2.00 bits per heavy atom. The molecule has 1 saturated heterocycles. The summed E-state index contributed by atoms with van der Waals surface area (Å²) in [7, 11) is 0. The summed E-state index contributed by atoms with van der Waals surface area (Å²) in [6.45, 7) is 3.48. The van der Waals surface area contributed by atoms with Gasteiger partial charge in [0, 0.05) is 25.7 Å². The summed E-state index contributed by atoms with van der Waals surface area (Å²) < 4.78 is 5.03. The van der Waals surface area contributed by atoms with Gasteiger partial charge in [0.15, 0.2) is 6.61 Å². The van der Waals surface area contributed by atoms with Crippen LogP contribution in [0, 0.1) is 16.0 Å². The lowest BCUT2D eigenvalue weighted by molar-refractivity contribution is -0.384. The van der Waals surface area contributed by atoms with E-state index in [1.165, 1.54) is 12.1 Å². The number of piperidine rings is 1. The van der Waals surface area contributed by atoms with Crippen molar-refractivity contribution >= 4 is 23.3 Å². The number of nitrogens with zero attached hydrogens (tertiary/aromatic N) is 2. The van der Waals surface area contributed by atoms with E-state index in [1.807, 2.05) is 35.2 Å². The van der Waals surface area contributed by atoms with Crippen molar-refractivity contribution in [3.05, 3.63) is 69.8 Å². The quantitative estimate of drug-likeness (QED) is 0.426. The van der Waals surface area contributed by atoms with Gasteiger partial charge >= 0.3 is 5.97 Å². The molecule has 1 atom stereocenters. The standard InChI is InChI=1S/C22H25N3O5/c1-16-6-5-11-24(14-16)19-10-9-18(12-20(19)25(28)29)22(27)30-15-21(26)23-13-17-7-3-2-4-8-17/h2-4,7-10,12,16H,5-6,11,13-15H2,1H3,(H,23,26)/t16-/m0/s1. The lowest BCUT2D eigenvalue weighted by atomic mass is 9.99. The zero-order valence-corrected chi connectivity index (χ0v) is 16.9. The van der Waals surface area contributed by atoms with E-state index in [0.717, 1.165) is 31.5 Å². The highest BCUT2D eigenvalue weighted by Crippen LogP contribution is 2.32. The van der Waals surface area contributed by atoms with Crippen molar-refractivity contribution in [2.75, 3.05) is 24.6 Å². The number of carbonyl (C=O) groups is 2. The number of nitrogens with one attached hydrogen (secondary N) is 1. The average molecular weight is 411 g/mol. The van der Waals surface area contributed by atoms with Crippen molar-refractivity contribution in [2.24, 2.45) is 5.92 Å². The van der Waals surface area contributed by atoms with E-state index in [2.05, 4.69) is 12.2 Å². The number of carbonyl (C=O) groups excluding carboxylic acids is 2. The molecule has 0 radical (unpaired) electrons. The Morgan fingerprint density at radius 3 is 2.70 bits per heavy atom. The molecule has 1 heterocycles. The minimum Gasteiger partial charge on any atom is -0.452 e. The number of benzene rings is 2. The summed E-state index contributed by atoms with van der Waals surface area (Å²) in [5.41, 5.74) is 1.34. The molecule has 0 saturated carbocycles. The van der Waals surface area contributed by atoms with Crippen molar-refractivity contribution in [1.82, 2.24) is 5.32 Å². The fourth-order valence-corrected chi connectivity index (χ4v) is 3.53. The molecule has 1 aliphatic rings. The number of nitro benzene ring substituents is 1. The van der Waals surface area contributed by atoms with Crippen LogP contribution in [-0.4, -0.2) is 36.5 Å². The van der Waals surface area contributed by atoms with Gasteiger partial charge in [-0.25, -0.2) is 4.79 Å². The minimum absolute atomic E-state index is 0.0476. The first kappa shape index (κ1) is 21.3. The predicted molar refractivity (Wildman–Crippen MR) is 112 cm³/mol. The van der Waals surface area contributed by atoms with Crippen LogP contribution < -0.4 is 10.2 Å². The van der Waals surface area contributed by atoms with Gasteiger partial charge in [-0.05, 0) is 36.5 Å². The SMILES string of the molecule is C[C@H]1CCCN(c2ccc(C(=O)OCC(=O)NCc3ccccc3)cc2[N+](=O)[O-])C1. The summed E-state index contributed by atoms with van der Waals surface area (Å²) in [5, 5.41) is 14.2. The van der Waals surface area contributed by atoms with E-state index >= 15 is 0 Å². The topological polar surface area (TPSA) is 102 Å². The summed E-state index contributed by atoms with van der Waals surface area (Å²) in [4.78, 5) is 37.3. The van der Waals surface area contributed by atoms with E-state index in [-0.39, 0.29) is 11.3 Å². The van der Waals surface area contributed by atoms with Gasteiger partial charge in [0.1, 0.15) is 5.69 Å². The van der Waals surface area contributed by atoms with Crippen LogP contribution in [0.5, 0.6) is 0 Å². The second kappa shape index (κ2) is 9.87. The van der Waals surface area contributed by atoms with Crippen LogP contribution in [0.2, 0.25) is 0 Å². The number of rotatable bonds is 7. The highest BCUT2D eigenvalue weighted by Gasteiger charge is 2.25. The van der Waals surface area contributed by atoms with Crippen LogP contribution in [0.3, 0.4) is 0 Å². The Bertz CT molecular complexity index is 916. The van der Waals surface area contributed by atoms with Crippen LogP contribution in [0.15, 0.2) is 48.5 Å². The predicted octanol–water partition coefficient (Wildman–Crippen LogP) is 3.30. The molecular weight excluding hydrogens is 386 g/mol. The van der Waals surface area contributed by atoms with Gasteiger partial charge in [0.25, 0.3) is 11.6 Å². The number of amides is 1. The minimum atomic E-state index is -0.772. The second-order valence-corrected chi connectivity index (χ2v) is 7.49. The van der Waals surface area contributed by atoms with E-state index in [1.54, 1.807) is 6.07 Å². The molecule has 1 amide bonds. The van der Waals surface area contributed by atoms with E-state index in [0.29, 0.717) is 18.2 Å². The maximum atomic E-state index is 12.3. The molecule has 0 unspecified atom stereocenters. The Kier molecular flexibility index (Phi) is 7.00. The van der Waals surface area contributed by atoms with Crippen LogP contribution in [0.25, 0.3) is 0 Å². The fraction of sp³-hybridized carbons (Fsp3) is 0.364. The molecule has 2 aromatic rings. The van der Waals surface area contributed by atoms with Crippen molar-refractivity contribution in [3.63, 3.8) is 0 Å². The number of nitro groups is 1. The van der Waals surface area contributed by atoms with E-state index < -0.39 is 23.4 Å². The summed E-state index contributed by atoms with van der Waals surface area (Å²) in [6.07, 6.45) is 2.07. The Labute approximate surface area is 175 Å². The van der Waals surface area contributed by atoms with Crippen LogP contribution in [-0.2, 0) is 16.1 Å². The fourth-order valence-electron chi connectivity index (χ4n) is 3.53. The normalized spacial score (nSPS) is 16.0. The Balaban J connectivity index is 1.60. The summed E-state index contributed by atoms with van der Waals surface area (Å²) in [6, 6.07) is 13.7. The molecular formula is C22H25N3O5. The zero-order valence-electron chi connectivity index (χ0n) is 16.9. The molecule has 2 aromatic carbocycles. The third-order valence-electron chi connectivity index (χ3n) is 5.07. The van der Waals surface area contributed by atoms with Crippen LogP contribution >= 0.6 is 0 Å². The van der Waals surface area contributed by atoms with Crippen molar-refractivity contribution in [3.8, 4) is 0 Å². The molecule has 8 heteroatoms. The van der Waals surface area contributed by atoms with E-state index in [4.69, 9.17) is 4.74 Å². The van der Waals surface area contributed by atoms with Crippen molar-refractivity contribution in [1.29, 1.82) is 0 Å². The molecule has 1 aliphatic heterocycles. The number of hydrogen-bond acceptors (Lipinski definition) is 6. The van der Waals surface area contributed by atoms with Crippen molar-refractivity contribution < 1.29 is 19.2 Å². The lowest BCUT2D eigenvalue weighted by Crippen LogP contribution is -2.34. The molecule has 0 aromatic heterocycles. The first-order valence-electron chi connectivity index (χ1n) is 9.95. The maximum absolute atomic E-state index is 12.3. The molecule has 0 aliphatic carbocycles. The van der Waals surface area contributed by atoms with Gasteiger partial charge in [-0.2, -0.15) is 0 Å². The average Bonchev–Trinajstić information content (AvgIpc) is 2.76. The smallest absolute Gasteiger partial charge is 0.338 e. The van der Waals surface area contributed by atoms with Crippen LogP contribution in [0.1, 0.15) is 35.7 Å². The van der Waals surface area contributed by atoms with Gasteiger partial charge in [0.05, 0.1) is 10.5 Å².